The Kier molecular flexibility index (Phi) is 4.98. The van der Waals surface area contributed by atoms with Crippen molar-refractivity contribution >= 4 is 5.91 Å². The van der Waals surface area contributed by atoms with Crippen molar-refractivity contribution in [3.63, 3.8) is 0 Å². The summed E-state index contributed by atoms with van der Waals surface area (Å²) in [5.74, 6) is -0.113. The first kappa shape index (κ1) is 15.5. The maximum Gasteiger partial charge on any atom is 0.240 e. The van der Waals surface area contributed by atoms with Crippen molar-refractivity contribution in [3.8, 4) is 6.07 Å². The highest BCUT2D eigenvalue weighted by atomic mass is 16.2. The van der Waals surface area contributed by atoms with Gasteiger partial charge in [0.25, 0.3) is 0 Å². The van der Waals surface area contributed by atoms with Crippen molar-refractivity contribution in [1.82, 2.24) is 10.2 Å². The normalized spacial score (nSPS) is 17.0. The minimum atomic E-state index is -0.746. The Bertz CT molecular complexity index is 513. The van der Waals surface area contributed by atoms with Crippen LogP contribution in [-0.4, -0.2) is 30.4 Å². The minimum Gasteiger partial charge on any atom is -0.353 e. The molecule has 1 saturated carbocycles. The standard InChI is InChI=1S/C17H23N3O/c1-3-20(4-2)15(14-8-6-5-7-9-14)12-19-16(21)17(13-18)10-11-17/h5-9,15H,3-4,10-12H2,1-2H3,(H,19,21). The van der Waals surface area contributed by atoms with E-state index < -0.39 is 5.41 Å². The minimum absolute atomic E-state index is 0.113. The number of benzene rings is 1. The summed E-state index contributed by atoms with van der Waals surface area (Å²) in [6.45, 7) is 6.65. The van der Waals surface area contributed by atoms with E-state index in [-0.39, 0.29) is 11.9 Å². The van der Waals surface area contributed by atoms with Gasteiger partial charge in [0.2, 0.25) is 5.91 Å². The zero-order chi connectivity index (χ0) is 15.3. The molecule has 1 unspecified atom stereocenters. The van der Waals surface area contributed by atoms with E-state index in [0.29, 0.717) is 19.4 Å². The molecule has 0 spiro atoms. The number of nitriles is 1. The SMILES string of the molecule is CCN(CC)C(CNC(=O)C1(C#N)CC1)c1ccccc1. The quantitative estimate of drug-likeness (QED) is 0.837. The van der Waals surface area contributed by atoms with Gasteiger partial charge in [-0.3, -0.25) is 9.69 Å². The number of amides is 1. The Balaban J connectivity index is 2.07. The zero-order valence-corrected chi connectivity index (χ0v) is 12.8. The summed E-state index contributed by atoms with van der Waals surface area (Å²) in [5, 5.41) is 12.1. The third kappa shape index (κ3) is 3.43. The first-order valence-corrected chi connectivity index (χ1v) is 7.65. The predicted octanol–water partition coefficient (Wildman–Crippen LogP) is 2.49. The Morgan fingerprint density at radius 3 is 2.43 bits per heavy atom. The summed E-state index contributed by atoms with van der Waals surface area (Å²) < 4.78 is 0. The first-order valence-electron chi connectivity index (χ1n) is 7.65. The van der Waals surface area contributed by atoms with Gasteiger partial charge in [-0.15, -0.1) is 0 Å². The van der Waals surface area contributed by atoms with E-state index in [1.165, 1.54) is 5.56 Å². The fraction of sp³-hybridized carbons (Fsp3) is 0.529. The largest absolute Gasteiger partial charge is 0.353 e. The number of hydrogen-bond donors (Lipinski definition) is 1. The van der Waals surface area contributed by atoms with Crippen LogP contribution >= 0.6 is 0 Å². The fourth-order valence-corrected chi connectivity index (χ4v) is 2.67. The van der Waals surface area contributed by atoms with Crippen molar-refractivity contribution in [2.45, 2.75) is 32.7 Å². The molecular formula is C17H23N3O. The summed E-state index contributed by atoms with van der Waals surface area (Å²) in [5.41, 5.74) is 0.452. The van der Waals surface area contributed by atoms with Gasteiger partial charge in [0, 0.05) is 6.54 Å². The summed E-state index contributed by atoms with van der Waals surface area (Å²) in [4.78, 5) is 14.5. The highest BCUT2D eigenvalue weighted by Crippen LogP contribution is 2.45. The highest BCUT2D eigenvalue weighted by molar-refractivity contribution is 5.88. The average molecular weight is 285 g/mol. The van der Waals surface area contributed by atoms with Gasteiger partial charge in [0.05, 0.1) is 12.1 Å². The zero-order valence-electron chi connectivity index (χ0n) is 12.8. The van der Waals surface area contributed by atoms with Crippen LogP contribution in [-0.2, 0) is 4.79 Å². The molecule has 0 radical (unpaired) electrons. The van der Waals surface area contributed by atoms with Gasteiger partial charge in [-0.1, -0.05) is 44.2 Å². The molecule has 0 saturated heterocycles. The van der Waals surface area contributed by atoms with Crippen molar-refractivity contribution in [2.24, 2.45) is 5.41 Å². The van der Waals surface area contributed by atoms with Crippen LogP contribution < -0.4 is 5.32 Å². The highest BCUT2D eigenvalue weighted by Gasteiger charge is 2.50. The van der Waals surface area contributed by atoms with Crippen LogP contribution in [0.25, 0.3) is 0 Å². The first-order chi connectivity index (χ1) is 10.2. The Labute approximate surface area is 126 Å². The van der Waals surface area contributed by atoms with Crippen LogP contribution in [0.15, 0.2) is 30.3 Å². The smallest absolute Gasteiger partial charge is 0.240 e. The lowest BCUT2D eigenvalue weighted by Crippen LogP contribution is -2.40. The lowest BCUT2D eigenvalue weighted by atomic mass is 10.0. The number of carbonyl (C=O) groups excluding carboxylic acids is 1. The molecule has 1 N–H and O–H groups in total. The molecule has 1 aromatic rings. The lowest BCUT2D eigenvalue weighted by Gasteiger charge is -2.30. The van der Waals surface area contributed by atoms with Crippen LogP contribution in [0.3, 0.4) is 0 Å². The van der Waals surface area contributed by atoms with Gasteiger partial charge in [-0.2, -0.15) is 5.26 Å². The Hall–Kier alpha value is -1.86. The molecule has 0 aromatic heterocycles. The van der Waals surface area contributed by atoms with Gasteiger partial charge in [-0.25, -0.2) is 0 Å². The average Bonchev–Trinajstić information content (AvgIpc) is 3.33. The van der Waals surface area contributed by atoms with E-state index >= 15 is 0 Å². The molecule has 1 atom stereocenters. The van der Waals surface area contributed by atoms with E-state index in [4.69, 9.17) is 5.26 Å². The molecule has 1 aliphatic carbocycles. The van der Waals surface area contributed by atoms with E-state index in [0.717, 1.165) is 13.1 Å². The van der Waals surface area contributed by atoms with Crippen molar-refractivity contribution < 1.29 is 4.79 Å². The monoisotopic (exact) mass is 285 g/mol. The van der Waals surface area contributed by atoms with Crippen LogP contribution in [0.4, 0.5) is 0 Å². The molecule has 1 fully saturated rings. The van der Waals surface area contributed by atoms with E-state index in [2.05, 4.69) is 42.3 Å². The molecule has 1 aliphatic rings. The van der Waals surface area contributed by atoms with Crippen molar-refractivity contribution in [1.29, 1.82) is 5.26 Å². The van der Waals surface area contributed by atoms with Crippen LogP contribution in [0.5, 0.6) is 0 Å². The van der Waals surface area contributed by atoms with Gasteiger partial charge < -0.3 is 5.32 Å². The summed E-state index contributed by atoms with van der Waals surface area (Å²) >= 11 is 0. The van der Waals surface area contributed by atoms with Crippen molar-refractivity contribution in [3.05, 3.63) is 35.9 Å². The van der Waals surface area contributed by atoms with Gasteiger partial charge in [0.15, 0.2) is 0 Å². The van der Waals surface area contributed by atoms with Crippen LogP contribution in [0, 0.1) is 16.7 Å². The number of rotatable bonds is 7. The number of carbonyl (C=O) groups is 1. The van der Waals surface area contributed by atoms with E-state index in [1.54, 1.807) is 0 Å². The van der Waals surface area contributed by atoms with Crippen LogP contribution in [0.1, 0.15) is 38.3 Å². The predicted molar refractivity (Wildman–Crippen MR) is 82.4 cm³/mol. The van der Waals surface area contributed by atoms with E-state index in [9.17, 15) is 4.79 Å². The molecule has 0 heterocycles. The Morgan fingerprint density at radius 2 is 1.95 bits per heavy atom. The van der Waals surface area contributed by atoms with E-state index in [1.807, 2.05) is 18.2 Å². The summed E-state index contributed by atoms with van der Waals surface area (Å²) in [7, 11) is 0. The fourth-order valence-electron chi connectivity index (χ4n) is 2.67. The second-order valence-corrected chi connectivity index (χ2v) is 5.55. The van der Waals surface area contributed by atoms with Crippen LogP contribution in [0.2, 0.25) is 0 Å². The summed E-state index contributed by atoms with van der Waals surface area (Å²) in [6, 6.07) is 12.5. The third-order valence-electron chi connectivity index (χ3n) is 4.29. The van der Waals surface area contributed by atoms with Gasteiger partial charge >= 0.3 is 0 Å². The third-order valence-corrected chi connectivity index (χ3v) is 4.29. The molecule has 1 amide bonds. The molecule has 4 heteroatoms. The molecule has 0 aliphatic heterocycles. The second-order valence-electron chi connectivity index (χ2n) is 5.55. The number of likely N-dealkylation sites (N-methyl/N-ethyl adjacent to an activating group) is 1. The Morgan fingerprint density at radius 1 is 1.33 bits per heavy atom. The molecule has 4 nitrogen and oxygen atoms in total. The number of nitrogens with zero attached hydrogens (tertiary/aromatic N) is 2. The molecule has 21 heavy (non-hydrogen) atoms. The number of nitrogens with one attached hydrogen (secondary N) is 1. The van der Waals surface area contributed by atoms with Crippen molar-refractivity contribution in [2.75, 3.05) is 19.6 Å². The molecule has 112 valence electrons. The number of hydrogen-bond acceptors (Lipinski definition) is 3. The maximum atomic E-state index is 12.1. The lowest BCUT2D eigenvalue weighted by molar-refractivity contribution is -0.124. The second kappa shape index (κ2) is 6.73. The topological polar surface area (TPSA) is 56.1 Å². The molecular weight excluding hydrogens is 262 g/mol. The maximum absolute atomic E-state index is 12.1. The van der Waals surface area contributed by atoms with Gasteiger partial charge in [-0.05, 0) is 31.5 Å². The molecule has 2 rings (SSSR count). The molecule has 0 bridgehead atoms. The molecule has 1 aromatic carbocycles. The summed E-state index contributed by atoms with van der Waals surface area (Å²) in [6.07, 6.45) is 1.38. The van der Waals surface area contributed by atoms with Gasteiger partial charge in [0.1, 0.15) is 5.41 Å².